The average Bonchev–Trinajstić information content (AvgIpc) is 3.14. The van der Waals surface area contributed by atoms with Crippen molar-refractivity contribution in [3.05, 3.63) is 154 Å². The van der Waals surface area contributed by atoms with E-state index >= 15 is 0 Å². The third-order valence-electron chi connectivity index (χ3n) is 8.46. The van der Waals surface area contributed by atoms with Crippen molar-refractivity contribution in [3.8, 4) is 11.1 Å². The van der Waals surface area contributed by atoms with Gasteiger partial charge in [0, 0.05) is 61.0 Å². The molecule has 6 rings (SSSR count). The van der Waals surface area contributed by atoms with E-state index < -0.39 is 26.5 Å². The van der Waals surface area contributed by atoms with Crippen LogP contribution in [-0.4, -0.2) is 56.1 Å². The molecule has 1 aliphatic heterocycles. The van der Waals surface area contributed by atoms with E-state index in [9.17, 15) is 23.3 Å². The van der Waals surface area contributed by atoms with E-state index in [1.54, 1.807) is 23.9 Å². The Kier molecular flexibility index (Phi) is 11.2. The van der Waals surface area contributed by atoms with Crippen LogP contribution in [0.2, 0.25) is 0 Å². The lowest BCUT2D eigenvalue weighted by molar-refractivity contribution is -0.384. The fourth-order valence-electron chi connectivity index (χ4n) is 5.93. The SMILES string of the molecule is O=C(NS(=O)(=O)c1ccc(NCCSc2ccccc2)c([N+](=O)[O-])c1)c1ccc(C2CN(Cc3ccccc3-c3ccccc3)CCN2)cc1. The van der Waals surface area contributed by atoms with Crippen LogP contribution in [0.25, 0.3) is 11.1 Å². The summed E-state index contributed by atoms with van der Waals surface area (Å²) in [7, 11) is -4.39. The normalized spacial score (nSPS) is 14.9. The Morgan fingerprint density at radius 1 is 0.900 bits per heavy atom. The van der Waals surface area contributed by atoms with Crippen LogP contribution in [0.4, 0.5) is 11.4 Å². The largest absolute Gasteiger partial charge is 0.379 e. The molecular formula is C38H37N5O5S2. The molecule has 1 atom stereocenters. The zero-order valence-corrected chi connectivity index (χ0v) is 28.8. The maximum Gasteiger partial charge on any atom is 0.293 e. The predicted molar refractivity (Wildman–Crippen MR) is 198 cm³/mol. The molecule has 1 aliphatic rings. The summed E-state index contributed by atoms with van der Waals surface area (Å²) in [5.74, 6) is -0.177. The minimum absolute atomic E-state index is 0.0260. The summed E-state index contributed by atoms with van der Waals surface area (Å²) >= 11 is 1.59. The van der Waals surface area contributed by atoms with Crippen LogP contribution < -0.4 is 15.4 Å². The molecule has 0 saturated carbocycles. The number of amides is 1. The Labute approximate surface area is 296 Å². The van der Waals surface area contributed by atoms with Crippen LogP contribution >= 0.6 is 11.8 Å². The number of rotatable bonds is 13. The monoisotopic (exact) mass is 707 g/mol. The van der Waals surface area contributed by atoms with Crippen molar-refractivity contribution in [2.75, 3.05) is 37.2 Å². The van der Waals surface area contributed by atoms with Crippen molar-refractivity contribution in [1.82, 2.24) is 14.9 Å². The molecule has 0 aromatic heterocycles. The summed E-state index contributed by atoms with van der Waals surface area (Å²) in [6.07, 6.45) is 0. The molecule has 1 fully saturated rings. The van der Waals surface area contributed by atoms with Gasteiger partial charge in [-0.25, -0.2) is 13.1 Å². The van der Waals surface area contributed by atoms with E-state index in [4.69, 9.17) is 0 Å². The van der Waals surface area contributed by atoms with Crippen LogP contribution in [0.1, 0.15) is 27.5 Å². The molecule has 3 N–H and O–H groups in total. The number of carbonyl (C=O) groups is 1. The van der Waals surface area contributed by atoms with Gasteiger partial charge in [-0.15, -0.1) is 11.8 Å². The van der Waals surface area contributed by atoms with Gasteiger partial charge in [0.05, 0.1) is 9.82 Å². The third-order valence-corrected chi connectivity index (χ3v) is 10.8. The van der Waals surface area contributed by atoms with Gasteiger partial charge in [0.1, 0.15) is 5.69 Å². The van der Waals surface area contributed by atoms with E-state index in [1.807, 2.05) is 60.7 Å². The first kappa shape index (κ1) is 34.8. The zero-order chi connectivity index (χ0) is 34.9. The summed E-state index contributed by atoms with van der Waals surface area (Å²) in [5.41, 5.74) is 4.58. The molecular weight excluding hydrogens is 671 g/mol. The number of thioether (sulfide) groups is 1. The number of anilines is 1. The smallest absolute Gasteiger partial charge is 0.293 e. The van der Waals surface area contributed by atoms with Crippen molar-refractivity contribution in [2.24, 2.45) is 0 Å². The van der Waals surface area contributed by atoms with Crippen molar-refractivity contribution >= 4 is 39.1 Å². The van der Waals surface area contributed by atoms with E-state index in [1.165, 1.54) is 28.8 Å². The number of piperazine rings is 1. The first-order valence-electron chi connectivity index (χ1n) is 16.2. The molecule has 0 aliphatic carbocycles. The first-order valence-corrected chi connectivity index (χ1v) is 18.7. The molecule has 5 aromatic carbocycles. The lowest BCUT2D eigenvalue weighted by atomic mass is 9.98. The highest BCUT2D eigenvalue weighted by atomic mass is 32.2. The summed E-state index contributed by atoms with van der Waals surface area (Å²) in [6.45, 7) is 3.67. The molecule has 0 spiro atoms. The van der Waals surface area contributed by atoms with E-state index in [-0.39, 0.29) is 22.2 Å². The number of nitrogens with zero attached hydrogens (tertiary/aromatic N) is 2. The van der Waals surface area contributed by atoms with Gasteiger partial charge in [0.2, 0.25) is 0 Å². The van der Waals surface area contributed by atoms with Gasteiger partial charge in [-0.05, 0) is 58.7 Å². The number of carbonyl (C=O) groups excluding carboxylic acids is 1. The number of nitro groups is 1. The Morgan fingerprint density at radius 2 is 1.60 bits per heavy atom. The van der Waals surface area contributed by atoms with Gasteiger partial charge in [0.25, 0.3) is 21.6 Å². The number of nitrogens with one attached hydrogen (secondary N) is 3. The van der Waals surface area contributed by atoms with Crippen LogP contribution in [0.3, 0.4) is 0 Å². The fraction of sp³-hybridized carbons (Fsp3) is 0.184. The average molecular weight is 708 g/mol. The first-order chi connectivity index (χ1) is 24.3. The molecule has 256 valence electrons. The molecule has 5 aromatic rings. The fourth-order valence-corrected chi connectivity index (χ4v) is 7.72. The van der Waals surface area contributed by atoms with E-state index in [2.05, 4.69) is 56.7 Å². The zero-order valence-electron chi connectivity index (χ0n) is 27.2. The second-order valence-corrected chi connectivity index (χ2v) is 14.7. The molecule has 0 radical (unpaired) electrons. The minimum atomic E-state index is -4.39. The minimum Gasteiger partial charge on any atom is -0.379 e. The quantitative estimate of drug-likeness (QED) is 0.0527. The van der Waals surface area contributed by atoms with Gasteiger partial charge < -0.3 is 10.6 Å². The lowest BCUT2D eigenvalue weighted by Gasteiger charge is -2.34. The molecule has 50 heavy (non-hydrogen) atoms. The number of sulfonamides is 1. The van der Waals surface area contributed by atoms with Gasteiger partial charge in [-0.2, -0.15) is 0 Å². The van der Waals surface area contributed by atoms with Crippen LogP contribution in [-0.2, 0) is 16.6 Å². The number of nitro benzene ring substituents is 1. The van der Waals surface area contributed by atoms with Gasteiger partial charge in [-0.3, -0.25) is 19.8 Å². The van der Waals surface area contributed by atoms with Crippen molar-refractivity contribution < 1.29 is 18.1 Å². The molecule has 0 bridgehead atoms. The standard InChI is InChI=1S/C38H37N5O5S2/c44-38(41-50(47,48)33-19-20-35(37(25-33)43(45)46)40-22-24-49-32-12-5-2-6-13-32)30-17-15-29(16-18-30)36-27-42(23-21-39-36)26-31-11-7-8-14-34(31)28-9-3-1-4-10-28/h1-20,25,36,39-40H,21-24,26-27H2,(H,41,44). The maximum absolute atomic E-state index is 13.1. The third kappa shape index (κ3) is 8.77. The Hall–Kier alpha value is -5.01. The Bertz CT molecular complexity index is 2050. The Balaban J connectivity index is 1.07. The molecule has 1 heterocycles. The molecule has 12 heteroatoms. The van der Waals surface area contributed by atoms with Crippen molar-refractivity contribution in [2.45, 2.75) is 22.4 Å². The van der Waals surface area contributed by atoms with E-state index in [0.717, 1.165) is 42.7 Å². The van der Waals surface area contributed by atoms with Crippen LogP contribution in [0.5, 0.6) is 0 Å². The van der Waals surface area contributed by atoms with E-state index in [0.29, 0.717) is 12.3 Å². The summed E-state index contributed by atoms with van der Waals surface area (Å²) in [5, 5.41) is 18.4. The highest BCUT2D eigenvalue weighted by molar-refractivity contribution is 7.99. The van der Waals surface area contributed by atoms with Crippen LogP contribution in [0, 0.1) is 10.1 Å². The lowest BCUT2D eigenvalue weighted by Crippen LogP contribution is -2.45. The molecule has 1 saturated heterocycles. The summed E-state index contributed by atoms with van der Waals surface area (Å²) in [6, 6.07) is 38.9. The molecule has 1 amide bonds. The molecule has 10 nitrogen and oxygen atoms in total. The second-order valence-electron chi connectivity index (χ2n) is 11.8. The van der Waals surface area contributed by atoms with Gasteiger partial charge in [0.15, 0.2) is 0 Å². The topological polar surface area (TPSA) is 134 Å². The maximum atomic E-state index is 13.1. The number of benzene rings is 5. The molecule has 1 unspecified atom stereocenters. The van der Waals surface area contributed by atoms with Crippen molar-refractivity contribution in [1.29, 1.82) is 0 Å². The highest BCUT2D eigenvalue weighted by Gasteiger charge is 2.25. The van der Waals surface area contributed by atoms with Gasteiger partial charge in [-0.1, -0.05) is 84.9 Å². The summed E-state index contributed by atoms with van der Waals surface area (Å²) in [4.78, 5) is 27.3. The van der Waals surface area contributed by atoms with Gasteiger partial charge >= 0.3 is 0 Å². The highest BCUT2D eigenvalue weighted by Crippen LogP contribution is 2.29. The Morgan fingerprint density at radius 3 is 2.34 bits per heavy atom. The van der Waals surface area contributed by atoms with Crippen LogP contribution in [0.15, 0.2) is 137 Å². The number of hydrogen-bond acceptors (Lipinski definition) is 9. The number of hydrogen-bond donors (Lipinski definition) is 3. The summed E-state index contributed by atoms with van der Waals surface area (Å²) < 4.78 is 28.3. The van der Waals surface area contributed by atoms with Crippen molar-refractivity contribution in [3.63, 3.8) is 0 Å². The second kappa shape index (κ2) is 16.1. The predicted octanol–water partition coefficient (Wildman–Crippen LogP) is 6.73.